The van der Waals surface area contributed by atoms with E-state index < -0.39 is 5.97 Å². The molecule has 6 nitrogen and oxygen atoms in total. The predicted molar refractivity (Wildman–Crippen MR) is 73.5 cm³/mol. The zero-order chi connectivity index (χ0) is 14.8. The summed E-state index contributed by atoms with van der Waals surface area (Å²) in [6, 6.07) is 0.0275. The van der Waals surface area contributed by atoms with Gasteiger partial charge in [0.05, 0.1) is 12.6 Å². The van der Waals surface area contributed by atoms with E-state index in [1.807, 2.05) is 4.90 Å². The number of urea groups is 1. The first-order valence-electron chi connectivity index (χ1n) is 7.36. The van der Waals surface area contributed by atoms with E-state index in [1.165, 1.54) is 0 Å². The Kier molecular flexibility index (Phi) is 4.52. The van der Waals surface area contributed by atoms with Gasteiger partial charge in [0.2, 0.25) is 0 Å². The SMILES string of the molecule is CC(C)C1N(C(=O)NCCCC(=O)O)CC12CCCO2. The highest BCUT2D eigenvalue weighted by Gasteiger charge is 2.58. The van der Waals surface area contributed by atoms with Gasteiger partial charge in [0.25, 0.3) is 0 Å². The van der Waals surface area contributed by atoms with Crippen molar-refractivity contribution in [3.05, 3.63) is 0 Å². The average Bonchev–Trinajstić information content (AvgIpc) is 2.81. The monoisotopic (exact) mass is 284 g/mol. The maximum Gasteiger partial charge on any atom is 0.317 e. The van der Waals surface area contributed by atoms with Crippen LogP contribution in [0.4, 0.5) is 4.79 Å². The number of hydrogen-bond acceptors (Lipinski definition) is 3. The van der Waals surface area contributed by atoms with Crippen molar-refractivity contribution in [1.82, 2.24) is 10.2 Å². The number of ether oxygens (including phenoxy) is 1. The summed E-state index contributed by atoms with van der Waals surface area (Å²) in [5, 5.41) is 11.4. The third-order valence-electron chi connectivity index (χ3n) is 4.18. The first-order valence-corrected chi connectivity index (χ1v) is 7.36. The van der Waals surface area contributed by atoms with Gasteiger partial charge in [0.15, 0.2) is 0 Å². The highest BCUT2D eigenvalue weighted by Crippen LogP contribution is 2.44. The van der Waals surface area contributed by atoms with Gasteiger partial charge < -0.3 is 20.1 Å². The van der Waals surface area contributed by atoms with E-state index in [-0.39, 0.29) is 24.1 Å². The van der Waals surface area contributed by atoms with E-state index >= 15 is 0 Å². The fourth-order valence-electron chi connectivity index (χ4n) is 3.43. The average molecular weight is 284 g/mol. The van der Waals surface area contributed by atoms with E-state index in [0.717, 1.165) is 19.4 Å². The number of nitrogens with one attached hydrogen (secondary N) is 1. The molecule has 2 atom stereocenters. The highest BCUT2D eigenvalue weighted by molar-refractivity contribution is 5.76. The summed E-state index contributed by atoms with van der Waals surface area (Å²) in [6.45, 7) is 6.06. The maximum atomic E-state index is 12.1. The first kappa shape index (κ1) is 15.1. The minimum atomic E-state index is -0.832. The van der Waals surface area contributed by atoms with Crippen LogP contribution in [0.2, 0.25) is 0 Å². The zero-order valence-electron chi connectivity index (χ0n) is 12.2. The van der Waals surface area contributed by atoms with Crippen LogP contribution >= 0.6 is 0 Å². The molecule has 2 fully saturated rings. The molecule has 0 radical (unpaired) electrons. The summed E-state index contributed by atoms with van der Waals surface area (Å²) in [5.41, 5.74) is -0.132. The zero-order valence-corrected chi connectivity index (χ0v) is 12.2. The van der Waals surface area contributed by atoms with Gasteiger partial charge in [-0.3, -0.25) is 4.79 Å². The number of amides is 2. The summed E-state index contributed by atoms with van der Waals surface area (Å²) >= 11 is 0. The maximum absolute atomic E-state index is 12.1. The van der Waals surface area contributed by atoms with Crippen molar-refractivity contribution in [1.29, 1.82) is 0 Å². The van der Waals surface area contributed by atoms with Crippen LogP contribution in [-0.2, 0) is 9.53 Å². The molecule has 0 aromatic carbocycles. The summed E-state index contributed by atoms with van der Waals surface area (Å²) in [7, 11) is 0. The Balaban J connectivity index is 1.83. The van der Waals surface area contributed by atoms with E-state index in [9.17, 15) is 9.59 Å². The molecule has 1 spiro atoms. The van der Waals surface area contributed by atoms with Crippen LogP contribution in [-0.4, -0.2) is 53.3 Å². The van der Waals surface area contributed by atoms with Crippen LogP contribution in [0.3, 0.4) is 0 Å². The minimum absolute atomic E-state index is 0.0843. The summed E-state index contributed by atoms with van der Waals surface area (Å²) in [6.07, 6.45) is 2.64. The number of aliphatic carboxylic acids is 1. The Morgan fingerprint density at radius 1 is 1.50 bits per heavy atom. The van der Waals surface area contributed by atoms with E-state index in [4.69, 9.17) is 9.84 Å². The second-order valence-corrected chi connectivity index (χ2v) is 6.06. The largest absolute Gasteiger partial charge is 0.481 e. The molecule has 6 heteroatoms. The van der Waals surface area contributed by atoms with Gasteiger partial charge in [-0.2, -0.15) is 0 Å². The normalized spacial score (nSPS) is 28.8. The van der Waals surface area contributed by atoms with Crippen molar-refractivity contribution in [2.45, 2.75) is 51.2 Å². The first-order chi connectivity index (χ1) is 9.46. The second-order valence-electron chi connectivity index (χ2n) is 6.06. The van der Waals surface area contributed by atoms with Crippen LogP contribution in [0.15, 0.2) is 0 Å². The topological polar surface area (TPSA) is 78.9 Å². The molecule has 0 aromatic rings. The molecule has 20 heavy (non-hydrogen) atoms. The molecular weight excluding hydrogens is 260 g/mol. The van der Waals surface area contributed by atoms with Crippen LogP contribution in [0.25, 0.3) is 0 Å². The fraction of sp³-hybridized carbons (Fsp3) is 0.857. The minimum Gasteiger partial charge on any atom is -0.481 e. The lowest BCUT2D eigenvalue weighted by Gasteiger charge is -2.56. The van der Waals surface area contributed by atoms with Crippen molar-refractivity contribution in [2.75, 3.05) is 19.7 Å². The van der Waals surface area contributed by atoms with E-state index in [1.54, 1.807) is 0 Å². The number of carbonyl (C=O) groups is 2. The predicted octanol–water partition coefficient (Wildman–Crippen LogP) is 1.45. The number of nitrogens with zero attached hydrogens (tertiary/aromatic N) is 1. The molecule has 2 aliphatic rings. The number of likely N-dealkylation sites (tertiary alicyclic amines) is 1. The third kappa shape index (κ3) is 2.90. The number of carbonyl (C=O) groups excluding carboxylic acids is 1. The lowest BCUT2D eigenvalue weighted by Crippen LogP contribution is -2.73. The summed E-state index contributed by atoms with van der Waals surface area (Å²) < 4.78 is 5.89. The summed E-state index contributed by atoms with van der Waals surface area (Å²) in [4.78, 5) is 24.4. The van der Waals surface area contributed by atoms with Gasteiger partial charge in [0.1, 0.15) is 5.60 Å². The molecule has 0 bridgehead atoms. The molecule has 2 saturated heterocycles. The lowest BCUT2D eigenvalue weighted by atomic mass is 9.75. The molecule has 0 aromatic heterocycles. The molecular formula is C14H24N2O4. The van der Waals surface area contributed by atoms with Crippen molar-refractivity contribution in [3.8, 4) is 0 Å². The van der Waals surface area contributed by atoms with Gasteiger partial charge in [0, 0.05) is 19.6 Å². The van der Waals surface area contributed by atoms with Crippen LogP contribution < -0.4 is 5.32 Å². The summed E-state index contributed by atoms with van der Waals surface area (Å²) in [5.74, 6) is -0.479. The molecule has 2 aliphatic heterocycles. The van der Waals surface area contributed by atoms with Crippen molar-refractivity contribution < 1.29 is 19.4 Å². The smallest absolute Gasteiger partial charge is 0.317 e. The Labute approximate surface area is 119 Å². The Hall–Kier alpha value is -1.30. The van der Waals surface area contributed by atoms with Crippen LogP contribution in [0.1, 0.15) is 39.5 Å². The highest BCUT2D eigenvalue weighted by atomic mass is 16.5. The van der Waals surface area contributed by atoms with Crippen molar-refractivity contribution in [3.63, 3.8) is 0 Å². The van der Waals surface area contributed by atoms with Gasteiger partial charge in [-0.05, 0) is 25.2 Å². The Morgan fingerprint density at radius 3 is 2.80 bits per heavy atom. The quantitative estimate of drug-likeness (QED) is 0.749. The van der Waals surface area contributed by atoms with Crippen LogP contribution in [0, 0.1) is 5.92 Å². The van der Waals surface area contributed by atoms with Crippen LogP contribution in [0.5, 0.6) is 0 Å². The number of rotatable bonds is 5. The molecule has 114 valence electrons. The molecule has 0 aliphatic carbocycles. The van der Waals surface area contributed by atoms with E-state index in [2.05, 4.69) is 19.2 Å². The number of carboxylic acid groups (broad SMARTS) is 1. The Bertz CT molecular complexity index is 377. The Morgan fingerprint density at radius 2 is 2.25 bits per heavy atom. The third-order valence-corrected chi connectivity index (χ3v) is 4.18. The molecule has 2 amide bonds. The molecule has 2 heterocycles. The molecule has 2 rings (SSSR count). The van der Waals surface area contributed by atoms with E-state index in [0.29, 0.717) is 25.4 Å². The molecule has 2 N–H and O–H groups in total. The fourth-order valence-corrected chi connectivity index (χ4v) is 3.43. The standard InChI is InChI=1S/C14H24N2O4/c1-10(2)12-14(6-4-8-20-14)9-16(12)13(19)15-7-3-5-11(17)18/h10,12H,3-9H2,1-2H3,(H,15,19)(H,17,18). The number of carboxylic acids is 1. The molecule has 0 saturated carbocycles. The van der Waals surface area contributed by atoms with Crippen molar-refractivity contribution in [2.24, 2.45) is 5.92 Å². The lowest BCUT2D eigenvalue weighted by molar-refractivity contribution is -0.154. The number of hydrogen-bond donors (Lipinski definition) is 2. The molecule has 2 unspecified atom stereocenters. The van der Waals surface area contributed by atoms with Crippen molar-refractivity contribution >= 4 is 12.0 Å². The second kappa shape index (κ2) is 5.99. The van der Waals surface area contributed by atoms with Gasteiger partial charge in [-0.1, -0.05) is 13.8 Å². The van der Waals surface area contributed by atoms with Gasteiger partial charge in [-0.25, -0.2) is 4.79 Å². The van der Waals surface area contributed by atoms with Gasteiger partial charge in [-0.15, -0.1) is 0 Å². The van der Waals surface area contributed by atoms with Gasteiger partial charge >= 0.3 is 12.0 Å².